The number of rotatable bonds is 6. The van der Waals surface area contributed by atoms with Gasteiger partial charge in [-0.2, -0.15) is 0 Å². The lowest BCUT2D eigenvalue weighted by molar-refractivity contribution is -0.394. The van der Waals surface area contributed by atoms with Crippen LogP contribution in [-0.2, 0) is 0 Å². The quantitative estimate of drug-likeness (QED) is 0.427. The molecule has 0 aliphatic carbocycles. The van der Waals surface area contributed by atoms with Crippen LogP contribution in [-0.4, -0.2) is 19.7 Å². The summed E-state index contributed by atoms with van der Waals surface area (Å²) in [5, 5.41) is 43.6. The maximum atomic E-state index is 11.1. The van der Waals surface area contributed by atoms with E-state index in [-0.39, 0.29) is 11.1 Å². The molecule has 0 aliphatic heterocycles. The van der Waals surface area contributed by atoms with Gasteiger partial charge in [-0.15, -0.1) is 0 Å². The molecule has 0 spiro atoms. The highest BCUT2D eigenvalue weighted by atomic mass is 16.6. The number of non-ortho nitro benzene ring substituents is 2. The van der Waals surface area contributed by atoms with Gasteiger partial charge in [0.1, 0.15) is 0 Å². The summed E-state index contributed by atoms with van der Waals surface area (Å²) >= 11 is 0. The summed E-state index contributed by atoms with van der Waals surface area (Å²) in [6.45, 7) is 0. The third-order valence-corrected chi connectivity index (χ3v) is 3.29. The summed E-state index contributed by atoms with van der Waals surface area (Å²) in [6, 6.07) is 5.90. The number of hydrogen-bond acceptors (Lipinski definition) is 8. The molecule has 0 saturated carbocycles. The van der Waals surface area contributed by atoms with E-state index in [1.807, 2.05) is 0 Å². The average molecular weight is 360 g/mol. The Morgan fingerprint density at radius 1 is 0.577 bits per heavy atom. The monoisotopic (exact) mass is 360 g/mol. The van der Waals surface area contributed by atoms with Crippen molar-refractivity contribution >= 4 is 34.9 Å². The second-order valence-electron chi connectivity index (χ2n) is 4.85. The SMILES string of the molecule is O=[N+]([O-])c1ccc(/C=C/c2ccc([N+](=O)[O-])cc2[N+](=O)[O-])c([N+](=O)[O-])c1. The van der Waals surface area contributed by atoms with Crippen LogP contribution in [0.25, 0.3) is 12.2 Å². The Morgan fingerprint density at radius 3 is 1.19 bits per heavy atom. The fraction of sp³-hybridized carbons (Fsp3) is 0. The second-order valence-corrected chi connectivity index (χ2v) is 4.85. The highest BCUT2D eigenvalue weighted by molar-refractivity contribution is 5.78. The zero-order valence-corrected chi connectivity index (χ0v) is 12.7. The van der Waals surface area contributed by atoms with Gasteiger partial charge in [0.25, 0.3) is 22.7 Å². The van der Waals surface area contributed by atoms with Crippen LogP contribution in [0.3, 0.4) is 0 Å². The molecule has 0 bridgehead atoms. The molecule has 2 aromatic rings. The molecule has 26 heavy (non-hydrogen) atoms. The fourth-order valence-electron chi connectivity index (χ4n) is 2.07. The van der Waals surface area contributed by atoms with Crippen molar-refractivity contribution in [1.29, 1.82) is 0 Å². The minimum atomic E-state index is -0.822. The minimum absolute atomic E-state index is 0.0201. The molecule has 0 atom stereocenters. The van der Waals surface area contributed by atoms with Gasteiger partial charge >= 0.3 is 0 Å². The molecular formula is C14H8N4O8. The molecule has 12 nitrogen and oxygen atoms in total. The molecule has 0 heterocycles. The Hall–Kier alpha value is -4.22. The third-order valence-electron chi connectivity index (χ3n) is 3.29. The Balaban J connectivity index is 2.50. The van der Waals surface area contributed by atoms with E-state index in [1.165, 1.54) is 0 Å². The van der Waals surface area contributed by atoms with Gasteiger partial charge < -0.3 is 0 Å². The molecule has 132 valence electrons. The maximum absolute atomic E-state index is 11.1. The lowest BCUT2D eigenvalue weighted by Crippen LogP contribution is -1.96. The number of nitro groups is 4. The van der Waals surface area contributed by atoms with Gasteiger partial charge in [0, 0.05) is 12.1 Å². The lowest BCUT2D eigenvalue weighted by atomic mass is 10.1. The smallest absolute Gasteiger partial charge is 0.258 e. The van der Waals surface area contributed by atoms with E-state index in [2.05, 4.69) is 0 Å². The van der Waals surface area contributed by atoms with Crippen LogP contribution < -0.4 is 0 Å². The predicted molar refractivity (Wildman–Crippen MR) is 88.4 cm³/mol. The van der Waals surface area contributed by atoms with E-state index in [9.17, 15) is 40.5 Å². The summed E-state index contributed by atoms with van der Waals surface area (Å²) in [7, 11) is 0. The first-order valence-electron chi connectivity index (χ1n) is 6.74. The van der Waals surface area contributed by atoms with Crippen LogP contribution in [0, 0.1) is 40.5 Å². The summed E-state index contributed by atoms with van der Waals surface area (Å²) in [5.41, 5.74) is -2.10. The molecule has 12 heteroatoms. The van der Waals surface area contributed by atoms with Gasteiger partial charge in [-0.3, -0.25) is 40.5 Å². The van der Waals surface area contributed by atoms with Crippen LogP contribution in [0.2, 0.25) is 0 Å². The largest absolute Gasteiger partial charge is 0.283 e. The highest BCUT2D eigenvalue weighted by Gasteiger charge is 2.20. The Labute approximate surface area is 143 Å². The van der Waals surface area contributed by atoms with Crippen molar-refractivity contribution in [2.75, 3.05) is 0 Å². The molecule has 0 saturated heterocycles. The van der Waals surface area contributed by atoms with Gasteiger partial charge in [-0.05, 0) is 24.3 Å². The van der Waals surface area contributed by atoms with E-state index in [1.54, 1.807) is 0 Å². The van der Waals surface area contributed by atoms with Crippen molar-refractivity contribution in [2.45, 2.75) is 0 Å². The zero-order chi connectivity index (χ0) is 19.4. The molecule has 0 unspecified atom stereocenters. The zero-order valence-electron chi connectivity index (χ0n) is 12.7. The van der Waals surface area contributed by atoms with E-state index in [0.717, 1.165) is 48.6 Å². The molecule has 0 radical (unpaired) electrons. The third kappa shape index (κ3) is 3.81. The normalized spacial score (nSPS) is 10.6. The van der Waals surface area contributed by atoms with Crippen molar-refractivity contribution in [3.05, 3.63) is 88.0 Å². The summed E-state index contributed by atoms with van der Waals surface area (Å²) < 4.78 is 0. The van der Waals surface area contributed by atoms with Crippen LogP contribution in [0.4, 0.5) is 22.7 Å². The maximum Gasteiger partial charge on any atom is 0.283 e. The van der Waals surface area contributed by atoms with E-state index in [4.69, 9.17) is 0 Å². The molecule has 2 aromatic carbocycles. The number of hydrogen-bond donors (Lipinski definition) is 0. The summed E-state index contributed by atoms with van der Waals surface area (Å²) in [5.74, 6) is 0. The number of benzene rings is 2. The molecular weight excluding hydrogens is 352 g/mol. The molecule has 0 fully saturated rings. The number of nitrogens with zero attached hydrogens (tertiary/aromatic N) is 4. The van der Waals surface area contributed by atoms with Crippen molar-refractivity contribution in [2.24, 2.45) is 0 Å². The first-order valence-corrected chi connectivity index (χ1v) is 6.74. The van der Waals surface area contributed by atoms with Gasteiger partial charge in [0.05, 0.1) is 43.0 Å². The van der Waals surface area contributed by atoms with Gasteiger partial charge in [-0.1, -0.05) is 0 Å². The van der Waals surface area contributed by atoms with Gasteiger partial charge in [-0.25, -0.2) is 0 Å². The predicted octanol–water partition coefficient (Wildman–Crippen LogP) is 3.49. The standard InChI is InChI=1S/C14H8N4O8/c19-15(20)11-5-3-9(13(7-11)17(23)24)1-2-10-4-6-12(16(21)22)8-14(10)18(25)26/h1-8H/b2-1+. The van der Waals surface area contributed by atoms with Crippen molar-refractivity contribution in [3.8, 4) is 0 Å². The molecule has 0 aromatic heterocycles. The topological polar surface area (TPSA) is 173 Å². The molecule has 0 N–H and O–H groups in total. The lowest BCUT2D eigenvalue weighted by Gasteiger charge is -2.00. The fourth-order valence-corrected chi connectivity index (χ4v) is 2.07. The second kappa shape index (κ2) is 7.12. The van der Waals surface area contributed by atoms with Gasteiger partial charge in [0.2, 0.25) is 0 Å². The molecule has 0 aliphatic rings. The van der Waals surface area contributed by atoms with E-state index < -0.39 is 42.4 Å². The number of nitro benzene ring substituents is 4. The Morgan fingerprint density at radius 2 is 0.923 bits per heavy atom. The minimum Gasteiger partial charge on any atom is -0.258 e. The average Bonchev–Trinajstić information content (AvgIpc) is 2.59. The van der Waals surface area contributed by atoms with Crippen molar-refractivity contribution in [3.63, 3.8) is 0 Å². The van der Waals surface area contributed by atoms with Crippen LogP contribution >= 0.6 is 0 Å². The van der Waals surface area contributed by atoms with Crippen LogP contribution in [0.5, 0.6) is 0 Å². The van der Waals surface area contributed by atoms with Gasteiger partial charge in [0.15, 0.2) is 0 Å². The van der Waals surface area contributed by atoms with E-state index in [0.29, 0.717) is 0 Å². The van der Waals surface area contributed by atoms with E-state index >= 15 is 0 Å². The molecule has 2 rings (SSSR count). The van der Waals surface area contributed by atoms with Crippen molar-refractivity contribution < 1.29 is 19.7 Å². The summed E-state index contributed by atoms with van der Waals surface area (Å²) in [6.07, 6.45) is 2.33. The van der Waals surface area contributed by atoms with Crippen molar-refractivity contribution in [1.82, 2.24) is 0 Å². The molecule has 0 amide bonds. The summed E-state index contributed by atoms with van der Waals surface area (Å²) in [4.78, 5) is 40.3. The Bertz CT molecular complexity index is 892. The highest BCUT2D eigenvalue weighted by Crippen LogP contribution is 2.29. The van der Waals surface area contributed by atoms with Crippen LogP contribution in [0.15, 0.2) is 36.4 Å². The Kier molecular flexibility index (Phi) is 4.97. The first-order chi connectivity index (χ1) is 12.2. The van der Waals surface area contributed by atoms with Crippen LogP contribution in [0.1, 0.15) is 11.1 Å². The first kappa shape index (κ1) is 18.1.